The highest BCUT2D eigenvalue weighted by Gasteiger charge is 2.27. The quantitative estimate of drug-likeness (QED) is 0.679. The molecule has 29 heavy (non-hydrogen) atoms. The van der Waals surface area contributed by atoms with Crippen molar-refractivity contribution in [1.82, 2.24) is 14.9 Å². The Kier molecular flexibility index (Phi) is 5.35. The van der Waals surface area contributed by atoms with Gasteiger partial charge in [-0.2, -0.15) is 0 Å². The highest BCUT2D eigenvalue weighted by Crippen LogP contribution is 2.27. The molecule has 3 aromatic rings. The van der Waals surface area contributed by atoms with Gasteiger partial charge in [0.25, 0.3) is 15.9 Å². The van der Waals surface area contributed by atoms with Crippen molar-refractivity contribution < 1.29 is 17.9 Å². The van der Waals surface area contributed by atoms with Gasteiger partial charge in [-0.1, -0.05) is 17.7 Å². The maximum atomic E-state index is 13.2. The fourth-order valence-corrected chi connectivity index (χ4v) is 4.63. The second kappa shape index (κ2) is 7.94. The van der Waals surface area contributed by atoms with Gasteiger partial charge in [-0.05, 0) is 30.3 Å². The molecule has 1 aliphatic heterocycles. The van der Waals surface area contributed by atoms with Crippen molar-refractivity contribution in [2.45, 2.75) is 4.90 Å². The van der Waals surface area contributed by atoms with Crippen LogP contribution in [-0.2, 0) is 14.8 Å². The van der Waals surface area contributed by atoms with E-state index in [1.54, 1.807) is 23.1 Å². The van der Waals surface area contributed by atoms with Gasteiger partial charge < -0.3 is 9.64 Å². The van der Waals surface area contributed by atoms with Crippen LogP contribution in [0.15, 0.2) is 53.7 Å². The van der Waals surface area contributed by atoms with Gasteiger partial charge in [0.15, 0.2) is 0 Å². The normalized spacial score (nSPS) is 14.7. The number of amides is 1. The Hall–Kier alpha value is -2.75. The van der Waals surface area contributed by atoms with Gasteiger partial charge in [0, 0.05) is 30.5 Å². The van der Waals surface area contributed by atoms with Gasteiger partial charge in [0.2, 0.25) is 0 Å². The van der Waals surface area contributed by atoms with E-state index in [1.807, 2.05) is 0 Å². The summed E-state index contributed by atoms with van der Waals surface area (Å²) in [5.41, 5.74) is 1.26. The summed E-state index contributed by atoms with van der Waals surface area (Å²) in [4.78, 5) is 22.7. The van der Waals surface area contributed by atoms with E-state index in [9.17, 15) is 13.2 Å². The molecule has 0 unspecified atom stereocenters. The number of anilines is 1. The Bertz CT molecular complexity index is 1170. The lowest BCUT2D eigenvalue weighted by Crippen LogP contribution is -2.41. The number of benzene rings is 2. The third-order valence-electron chi connectivity index (χ3n) is 4.50. The fourth-order valence-electron chi connectivity index (χ4n) is 3.11. The van der Waals surface area contributed by atoms with Crippen LogP contribution in [0, 0.1) is 0 Å². The first kappa shape index (κ1) is 19.6. The molecule has 1 saturated heterocycles. The highest BCUT2D eigenvalue weighted by atomic mass is 35.5. The molecule has 0 spiro atoms. The number of sulfonamides is 1. The number of ether oxygens (including phenoxy) is 1. The second-order valence-electron chi connectivity index (χ2n) is 6.38. The predicted molar refractivity (Wildman–Crippen MR) is 109 cm³/mol. The lowest BCUT2D eigenvalue weighted by Gasteiger charge is -2.27. The smallest absolute Gasteiger partial charge is 0.262 e. The first-order valence-corrected chi connectivity index (χ1v) is 10.7. The molecule has 0 radical (unpaired) electrons. The molecule has 2 aromatic carbocycles. The van der Waals surface area contributed by atoms with E-state index >= 15 is 0 Å². The third kappa shape index (κ3) is 4.02. The molecular weight excluding hydrogens is 416 g/mol. The standard InChI is InChI=1S/C19H17ClN4O4S/c20-13-4-5-14(19(25)24-8-10-28-11-9-24)17(12-13)29(26,27)23-16-3-1-2-15-18(16)22-7-6-21-15/h1-7,12,23H,8-11H2. The van der Waals surface area contributed by atoms with E-state index in [2.05, 4.69) is 14.7 Å². The van der Waals surface area contributed by atoms with Crippen LogP contribution in [0.2, 0.25) is 5.02 Å². The number of nitrogens with one attached hydrogen (secondary N) is 1. The van der Waals surface area contributed by atoms with E-state index < -0.39 is 10.0 Å². The average molecular weight is 433 g/mol. The minimum atomic E-state index is -4.12. The largest absolute Gasteiger partial charge is 0.378 e. The molecule has 8 nitrogen and oxygen atoms in total. The predicted octanol–water partition coefficient (Wildman–Crippen LogP) is 2.56. The number of hydrogen-bond acceptors (Lipinski definition) is 6. The molecule has 1 aliphatic rings. The fraction of sp³-hybridized carbons (Fsp3) is 0.211. The molecule has 1 amide bonds. The summed E-state index contributed by atoms with van der Waals surface area (Å²) in [6.45, 7) is 1.61. The van der Waals surface area contributed by atoms with Crippen molar-refractivity contribution in [2.24, 2.45) is 0 Å². The number of morpholine rings is 1. The summed E-state index contributed by atoms with van der Waals surface area (Å²) in [7, 11) is -4.12. The summed E-state index contributed by atoms with van der Waals surface area (Å²) in [5, 5.41) is 0.210. The number of fused-ring (bicyclic) bond motifs is 1. The number of rotatable bonds is 4. The topological polar surface area (TPSA) is 101 Å². The van der Waals surface area contributed by atoms with Crippen LogP contribution in [-0.4, -0.2) is 55.5 Å². The molecule has 0 atom stereocenters. The van der Waals surface area contributed by atoms with Gasteiger partial charge in [-0.3, -0.25) is 19.5 Å². The monoisotopic (exact) mass is 432 g/mol. The van der Waals surface area contributed by atoms with E-state index in [-0.39, 0.29) is 27.1 Å². The van der Waals surface area contributed by atoms with E-state index in [1.165, 1.54) is 30.6 Å². The Balaban J connectivity index is 1.74. The maximum Gasteiger partial charge on any atom is 0.262 e. The minimum Gasteiger partial charge on any atom is -0.378 e. The average Bonchev–Trinajstić information content (AvgIpc) is 2.74. The lowest BCUT2D eigenvalue weighted by molar-refractivity contribution is 0.0300. The molecule has 10 heteroatoms. The summed E-state index contributed by atoms with van der Waals surface area (Å²) >= 11 is 6.05. The molecule has 1 aromatic heterocycles. The van der Waals surface area contributed by atoms with Crippen LogP contribution in [0.1, 0.15) is 10.4 Å². The number of halogens is 1. The van der Waals surface area contributed by atoms with Crippen LogP contribution >= 0.6 is 11.6 Å². The number of nitrogens with zero attached hydrogens (tertiary/aromatic N) is 3. The number of aromatic nitrogens is 2. The Morgan fingerprint density at radius 2 is 1.86 bits per heavy atom. The Morgan fingerprint density at radius 3 is 2.66 bits per heavy atom. The molecule has 0 aliphatic carbocycles. The van der Waals surface area contributed by atoms with Crippen molar-refractivity contribution in [3.05, 3.63) is 59.4 Å². The van der Waals surface area contributed by atoms with E-state index in [0.717, 1.165) is 0 Å². The molecule has 2 heterocycles. The van der Waals surface area contributed by atoms with Gasteiger partial charge in [0.1, 0.15) is 10.4 Å². The Morgan fingerprint density at radius 1 is 1.10 bits per heavy atom. The summed E-state index contributed by atoms with van der Waals surface area (Å²) in [6.07, 6.45) is 3.00. The van der Waals surface area contributed by atoms with Crippen LogP contribution in [0.3, 0.4) is 0 Å². The molecule has 0 saturated carbocycles. The van der Waals surface area contributed by atoms with Crippen molar-refractivity contribution >= 4 is 44.3 Å². The molecular formula is C19H17ClN4O4S. The summed E-state index contributed by atoms with van der Waals surface area (Å²) in [5.74, 6) is -0.386. The molecule has 1 fully saturated rings. The SMILES string of the molecule is O=C(c1ccc(Cl)cc1S(=O)(=O)Nc1cccc2nccnc12)N1CCOCC1. The molecule has 150 valence electrons. The summed E-state index contributed by atoms with van der Waals surface area (Å²) in [6, 6.07) is 9.19. The first-order valence-electron chi connectivity index (χ1n) is 8.85. The third-order valence-corrected chi connectivity index (χ3v) is 6.15. The van der Waals surface area contributed by atoms with Gasteiger partial charge in [0.05, 0.1) is 30.0 Å². The molecule has 0 bridgehead atoms. The number of hydrogen-bond donors (Lipinski definition) is 1. The van der Waals surface area contributed by atoms with E-state index in [0.29, 0.717) is 37.3 Å². The van der Waals surface area contributed by atoms with Crippen LogP contribution in [0.4, 0.5) is 5.69 Å². The van der Waals surface area contributed by atoms with Crippen molar-refractivity contribution in [3.8, 4) is 0 Å². The number of carbonyl (C=O) groups is 1. The minimum absolute atomic E-state index is 0.0510. The van der Waals surface area contributed by atoms with E-state index in [4.69, 9.17) is 16.3 Å². The molecule has 1 N–H and O–H groups in total. The first-order chi connectivity index (χ1) is 14.0. The van der Waals surface area contributed by atoms with Crippen molar-refractivity contribution in [1.29, 1.82) is 0 Å². The highest BCUT2D eigenvalue weighted by molar-refractivity contribution is 7.92. The van der Waals surface area contributed by atoms with Crippen molar-refractivity contribution in [3.63, 3.8) is 0 Å². The number of para-hydroxylation sites is 1. The van der Waals surface area contributed by atoms with Gasteiger partial charge in [-0.25, -0.2) is 8.42 Å². The maximum absolute atomic E-state index is 13.2. The van der Waals surface area contributed by atoms with Crippen LogP contribution < -0.4 is 4.72 Å². The zero-order valence-electron chi connectivity index (χ0n) is 15.2. The van der Waals surface area contributed by atoms with Gasteiger partial charge >= 0.3 is 0 Å². The number of carbonyl (C=O) groups excluding carboxylic acids is 1. The van der Waals surface area contributed by atoms with Crippen LogP contribution in [0.5, 0.6) is 0 Å². The van der Waals surface area contributed by atoms with Crippen LogP contribution in [0.25, 0.3) is 11.0 Å². The zero-order valence-corrected chi connectivity index (χ0v) is 16.8. The lowest BCUT2D eigenvalue weighted by atomic mass is 10.2. The molecule has 4 rings (SSSR count). The van der Waals surface area contributed by atoms with Gasteiger partial charge in [-0.15, -0.1) is 0 Å². The Labute approximate surface area is 172 Å². The summed E-state index contributed by atoms with van der Waals surface area (Å²) < 4.78 is 34.2. The second-order valence-corrected chi connectivity index (χ2v) is 8.47. The zero-order chi connectivity index (χ0) is 20.4. The van der Waals surface area contributed by atoms with Crippen molar-refractivity contribution in [2.75, 3.05) is 31.0 Å².